The fraction of sp³-hybridized carbons (Fsp3) is 0.0870. The van der Waals surface area contributed by atoms with E-state index in [1.807, 2.05) is 60.8 Å². The number of benzene rings is 2. The molecular weight excluding hydrogens is 465 g/mol. The van der Waals surface area contributed by atoms with Gasteiger partial charge in [0.2, 0.25) is 5.95 Å². The summed E-state index contributed by atoms with van der Waals surface area (Å²) in [5.74, 6) is 0.902. The Labute approximate surface area is 198 Å². The summed E-state index contributed by atoms with van der Waals surface area (Å²) in [4.78, 5) is 19.0. The van der Waals surface area contributed by atoms with E-state index in [9.17, 15) is 4.79 Å². The summed E-state index contributed by atoms with van der Waals surface area (Å²) < 4.78 is 1.72. The van der Waals surface area contributed by atoms with Crippen molar-refractivity contribution in [3.05, 3.63) is 92.9 Å². The number of carbonyl (C=O) groups is 1. The van der Waals surface area contributed by atoms with Gasteiger partial charge < -0.3 is 10.6 Å². The molecule has 0 spiro atoms. The summed E-state index contributed by atoms with van der Waals surface area (Å²) >= 11 is 14.0. The number of allylic oxidation sites excluding steroid dienone is 1. The average molecular weight is 482 g/mol. The topological polar surface area (TPSA) is 71.8 Å². The molecule has 0 aliphatic carbocycles. The molecular formula is C23H17Cl2N5OS. The first kappa shape index (κ1) is 20.8. The highest BCUT2D eigenvalue weighted by Crippen LogP contribution is 2.39. The lowest BCUT2D eigenvalue weighted by atomic mass is 9.95. The van der Waals surface area contributed by atoms with Gasteiger partial charge in [0.1, 0.15) is 6.04 Å². The van der Waals surface area contributed by atoms with E-state index in [1.54, 1.807) is 28.2 Å². The number of carbonyl (C=O) groups excluding carboxylic acids is 1. The van der Waals surface area contributed by atoms with E-state index in [1.165, 1.54) is 0 Å². The maximum Gasteiger partial charge on any atom is 0.255 e. The maximum absolute atomic E-state index is 13.4. The highest BCUT2D eigenvalue weighted by molar-refractivity contribution is 7.13. The summed E-state index contributed by atoms with van der Waals surface area (Å²) in [6.07, 6.45) is 0. The number of thiophene rings is 1. The molecule has 0 bridgehead atoms. The van der Waals surface area contributed by atoms with Crippen molar-refractivity contribution in [3.8, 4) is 10.7 Å². The minimum Gasteiger partial charge on any atom is -0.328 e. The minimum atomic E-state index is -0.536. The molecule has 2 aromatic carbocycles. The van der Waals surface area contributed by atoms with Crippen LogP contribution in [0.1, 0.15) is 18.5 Å². The van der Waals surface area contributed by atoms with Crippen molar-refractivity contribution in [2.24, 2.45) is 0 Å². The number of para-hydroxylation sites is 1. The van der Waals surface area contributed by atoms with Crippen LogP contribution in [0.2, 0.25) is 10.0 Å². The van der Waals surface area contributed by atoms with Crippen LogP contribution >= 0.6 is 34.5 Å². The first-order valence-corrected chi connectivity index (χ1v) is 11.4. The minimum absolute atomic E-state index is 0.240. The SMILES string of the molecule is CC1=C(C(=O)Nc2ccccc2)C(c2ccc(Cl)c(Cl)c2)n2nc(-c3cccs3)nc2N1. The van der Waals surface area contributed by atoms with Crippen LogP contribution in [0.5, 0.6) is 0 Å². The zero-order chi connectivity index (χ0) is 22.2. The molecule has 4 aromatic rings. The van der Waals surface area contributed by atoms with Gasteiger partial charge >= 0.3 is 0 Å². The van der Waals surface area contributed by atoms with Gasteiger partial charge in [-0.2, -0.15) is 4.98 Å². The van der Waals surface area contributed by atoms with Gasteiger partial charge in [-0.1, -0.05) is 53.5 Å². The van der Waals surface area contributed by atoms with Gasteiger partial charge in [-0.05, 0) is 48.2 Å². The first-order valence-electron chi connectivity index (χ1n) is 9.81. The fourth-order valence-electron chi connectivity index (χ4n) is 3.67. The predicted molar refractivity (Wildman–Crippen MR) is 129 cm³/mol. The monoisotopic (exact) mass is 481 g/mol. The molecule has 0 fully saturated rings. The van der Waals surface area contributed by atoms with Crippen LogP contribution in [-0.2, 0) is 4.79 Å². The lowest BCUT2D eigenvalue weighted by Gasteiger charge is -2.29. The third-order valence-electron chi connectivity index (χ3n) is 5.13. The van der Waals surface area contributed by atoms with E-state index >= 15 is 0 Å². The Morgan fingerprint density at radius 2 is 1.91 bits per heavy atom. The number of fused-ring (bicyclic) bond motifs is 1. The van der Waals surface area contributed by atoms with Gasteiger partial charge in [-0.15, -0.1) is 16.4 Å². The van der Waals surface area contributed by atoms with Crippen LogP contribution < -0.4 is 10.6 Å². The van der Waals surface area contributed by atoms with Crippen LogP contribution in [0, 0.1) is 0 Å². The van der Waals surface area contributed by atoms with Gasteiger partial charge in [0.15, 0.2) is 5.82 Å². The molecule has 3 heterocycles. The van der Waals surface area contributed by atoms with E-state index in [-0.39, 0.29) is 5.91 Å². The second kappa shape index (κ2) is 8.43. The number of aromatic nitrogens is 3. The number of hydrogen-bond acceptors (Lipinski definition) is 5. The molecule has 0 saturated carbocycles. The molecule has 1 amide bonds. The van der Waals surface area contributed by atoms with E-state index in [0.717, 1.165) is 10.4 Å². The lowest BCUT2D eigenvalue weighted by molar-refractivity contribution is -0.113. The van der Waals surface area contributed by atoms with Crippen molar-refractivity contribution < 1.29 is 4.79 Å². The molecule has 1 aliphatic heterocycles. The van der Waals surface area contributed by atoms with Gasteiger partial charge in [0.25, 0.3) is 5.91 Å². The van der Waals surface area contributed by atoms with Crippen LogP contribution in [0.4, 0.5) is 11.6 Å². The molecule has 32 heavy (non-hydrogen) atoms. The van der Waals surface area contributed by atoms with E-state index < -0.39 is 6.04 Å². The second-order valence-electron chi connectivity index (χ2n) is 7.24. The Hall–Kier alpha value is -3.13. The molecule has 6 nitrogen and oxygen atoms in total. The summed E-state index contributed by atoms with van der Waals surface area (Å²) in [5.41, 5.74) is 2.69. The maximum atomic E-state index is 13.4. The Bertz CT molecular complexity index is 1330. The summed E-state index contributed by atoms with van der Waals surface area (Å²) in [6, 6.07) is 18.0. The Morgan fingerprint density at radius 1 is 1.09 bits per heavy atom. The molecule has 160 valence electrons. The van der Waals surface area contributed by atoms with Crippen molar-refractivity contribution in [1.29, 1.82) is 0 Å². The zero-order valence-corrected chi connectivity index (χ0v) is 19.2. The molecule has 5 rings (SSSR count). The summed E-state index contributed by atoms with van der Waals surface area (Å²) in [5, 5.41) is 13.8. The first-order chi connectivity index (χ1) is 15.5. The number of anilines is 2. The molecule has 1 aliphatic rings. The van der Waals surface area contributed by atoms with E-state index in [4.69, 9.17) is 28.3 Å². The van der Waals surface area contributed by atoms with Crippen LogP contribution in [0.15, 0.2) is 77.3 Å². The van der Waals surface area contributed by atoms with Crippen molar-refractivity contribution in [2.45, 2.75) is 13.0 Å². The normalized spacial score (nSPS) is 15.3. The standard InChI is InChI=1S/C23H17Cl2N5OS/c1-13-19(22(31)27-15-6-3-2-4-7-15)20(14-9-10-16(24)17(25)12-14)30-23(26-13)28-21(29-30)18-8-5-11-32-18/h2-12,20H,1H3,(H,27,31)(H,26,28,29). The number of halogens is 2. The summed E-state index contributed by atoms with van der Waals surface area (Å²) in [6.45, 7) is 1.85. The Balaban J connectivity index is 1.63. The highest BCUT2D eigenvalue weighted by atomic mass is 35.5. The third kappa shape index (κ3) is 3.79. The molecule has 9 heteroatoms. The van der Waals surface area contributed by atoms with Gasteiger partial charge in [0.05, 0.1) is 20.5 Å². The number of hydrogen-bond donors (Lipinski definition) is 2. The van der Waals surface area contributed by atoms with Gasteiger partial charge in [0, 0.05) is 11.4 Å². The number of nitrogens with zero attached hydrogens (tertiary/aromatic N) is 3. The van der Waals surface area contributed by atoms with Gasteiger partial charge in [-0.3, -0.25) is 4.79 Å². The van der Waals surface area contributed by atoms with Crippen LogP contribution in [-0.4, -0.2) is 20.7 Å². The molecule has 2 aromatic heterocycles. The molecule has 1 atom stereocenters. The van der Waals surface area contributed by atoms with Gasteiger partial charge in [-0.25, -0.2) is 4.68 Å². The highest BCUT2D eigenvalue weighted by Gasteiger charge is 2.35. The Morgan fingerprint density at radius 3 is 2.62 bits per heavy atom. The third-order valence-corrected chi connectivity index (χ3v) is 6.73. The Kier molecular flexibility index (Phi) is 5.46. The number of amides is 1. The fourth-order valence-corrected chi connectivity index (χ4v) is 4.63. The van der Waals surface area contributed by atoms with Crippen molar-refractivity contribution in [3.63, 3.8) is 0 Å². The van der Waals surface area contributed by atoms with Crippen LogP contribution in [0.25, 0.3) is 10.7 Å². The summed E-state index contributed by atoms with van der Waals surface area (Å²) in [7, 11) is 0. The molecule has 0 saturated heterocycles. The van der Waals surface area contributed by atoms with Crippen LogP contribution in [0.3, 0.4) is 0 Å². The predicted octanol–water partition coefficient (Wildman–Crippen LogP) is 6.24. The smallest absolute Gasteiger partial charge is 0.255 e. The molecule has 1 unspecified atom stereocenters. The lowest BCUT2D eigenvalue weighted by Crippen LogP contribution is -2.31. The second-order valence-corrected chi connectivity index (χ2v) is 9.00. The average Bonchev–Trinajstić information content (AvgIpc) is 3.45. The van der Waals surface area contributed by atoms with E-state index in [0.29, 0.717) is 38.8 Å². The van der Waals surface area contributed by atoms with Crippen molar-refractivity contribution in [1.82, 2.24) is 14.8 Å². The molecule has 2 N–H and O–H groups in total. The van der Waals surface area contributed by atoms with Crippen molar-refractivity contribution >= 4 is 52.1 Å². The largest absolute Gasteiger partial charge is 0.328 e. The number of nitrogens with one attached hydrogen (secondary N) is 2. The molecule has 0 radical (unpaired) electrons. The zero-order valence-electron chi connectivity index (χ0n) is 16.8. The van der Waals surface area contributed by atoms with Crippen molar-refractivity contribution in [2.75, 3.05) is 10.6 Å². The number of rotatable bonds is 4. The quantitative estimate of drug-likeness (QED) is 0.361. The van der Waals surface area contributed by atoms with E-state index in [2.05, 4.69) is 15.6 Å².